The van der Waals surface area contributed by atoms with Gasteiger partial charge >= 0.3 is 0 Å². The van der Waals surface area contributed by atoms with Crippen LogP contribution in [0.5, 0.6) is 0 Å². The topological polar surface area (TPSA) is 71.1 Å². The van der Waals surface area contributed by atoms with Gasteiger partial charge in [0, 0.05) is 23.3 Å². The van der Waals surface area contributed by atoms with E-state index in [-0.39, 0.29) is 34.1 Å². The van der Waals surface area contributed by atoms with Gasteiger partial charge in [0.25, 0.3) is 0 Å². The van der Waals surface area contributed by atoms with Crippen molar-refractivity contribution in [3.63, 3.8) is 0 Å². The summed E-state index contributed by atoms with van der Waals surface area (Å²) in [4.78, 5) is 0.750. The second-order valence-electron chi connectivity index (χ2n) is 13.8. The first-order chi connectivity index (χ1) is 17.3. The van der Waals surface area contributed by atoms with Crippen molar-refractivity contribution >= 4 is 26.5 Å². The third-order valence-electron chi connectivity index (χ3n) is 9.10. The molecule has 0 saturated carbocycles. The minimum atomic E-state index is -3.62. The average molecular weight is 583 g/mol. The summed E-state index contributed by atoms with van der Waals surface area (Å²) in [5.41, 5.74) is 0. The van der Waals surface area contributed by atoms with E-state index in [1.807, 2.05) is 19.1 Å². The zero-order valence-corrected chi connectivity index (χ0v) is 28.1. The fourth-order valence-corrected chi connectivity index (χ4v) is 8.53. The lowest BCUT2D eigenvalue weighted by molar-refractivity contribution is -0.257. The molecule has 9 heteroatoms. The van der Waals surface area contributed by atoms with Crippen molar-refractivity contribution in [2.75, 3.05) is 13.2 Å². The molecule has 1 fully saturated rings. The number of sulfone groups is 1. The summed E-state index contributed by atoms with van der Waals surface area (Å²) in [6.45, 7) is 25.1. The van der Waals surface area contributed by atoms with Gasteiger partial charge in [-0.3, -0.25) is 0 Å². The maximum Gasteiger partial charge on any atom is 0.202 e. The van der Waals surface area contributed by atoms with Crippen LogP contribution in [0.4, 0.5) is 0 Å². The van der Waals surface area contributed by atoms with Crippen molar-refractivity contribution in [1.29, 1.82) is 0 Å². The number of fused-ring (bicyclic) bond motifs is 1. The van der Waals surface area contributed by atoms with Crippen LogP contribution in [0, 0.1) is 11.8 Å². The molecule has 0 amide bonds. The maximum atomic E-state index is 13.6. The Morgan fingerprint density at radius 1 is 0.947 bits per heavy atom. The van der Waals surface area contributed by atoms with E-state index in [1.165, 1.54) is 0 Å². The van der Waals surface area contributed by atoms with Gasteiger partial charge in [-0.1, -0.05) is 65.8 Å². The monoisotopic (exact) mass is 582 g/mol. The molecule has 1 aliphatic carbocycles. The Balaban J connectivity index is 2.00. The summed E-state index contributed by atoms with van der Waals surface area (Å²) in [6, 6.07) is 8.68. The molecule has 1 aliphatic heterocycles. The number of rotatable bonds is 9. The molecule has 2 aliphatic rings. The van der Waals surface area contributed by atoms with E-state index in [0.717, 1.165) is 0 Å². The van der Waals surface area contributed by atoms with Crippen molar-refractivity contribution in [2.45, 2.75) is 115 Å². The largest absolute Gasteiger partial charge is 0.414 e. The van der Waals surface area contributed by atoms with E-state index in [9.17, 15) is 8.42 Å². The summed E-state index contributed by atoms with van der Waals surface area (Å²) in [5.74, 6) is -0.279. The maximum absolute atomic E-state index is 13.6. The SMILES string of the molecule is CCO[C@H]1O[C@H](CO[Si](C)(C)C(C)(C)C)[C@H](O[Si](C)(C)C(C)(C)C)[C@@H]2CC(S(=O)(=O)c3ccccc3)=C[C@H]12. The van der Waals surface area contributed by atoms with Crippen LogP contribution in [-0.2, 0) is 28.2 Å². The summed E-state index contributed by atoms with van der Waals surface area (Å²) in [5, 5.41) is 0.0558. The summed E-state index contributed by atoms with van der Waals surface area (Å²) in [7, 11) is -7.89. The van der Waals surface area contributed by atoms with Crippen molar-refractivity contribution < 1.29 is 26.7 Å². The number of ether oxygens (including phenoxy) is 2. The quantitative estimate of drug-likeness (QED) is 0.288. The predicted molar refractivity (Wildman–Crippen MR) is 159 cm³/mol. The smallest absolute Gasteiger partial charge is 0.202 e. The Labute approximate surface area is 233 Å². The Kier molecular flexibility index (Phi) is 9.36. The predicted octanol–water partition coefficient (Wildman–Crippen LogP) is 7.15. The third-order valence-corrected chi connectivity index (χ3v) is 20.0. The van der Waals surface area contributed by atoms with Crippen LogP contribution >= 0.6 is 0 Å². The fraction of sp³-hybridized carbons (Fsp3) is 0.724. The highest BCUT2D eigenvalue weighted by atomic mass is 32.2. The van der Waals surface area contributed by atoms with Gasteiger partial charge < -0.3 is 18.3 Å². The zero-order chi connectivity index (χ0) is 28.7. The molecule has 0 aromatic heterocycles. The molecule has 1 heterocycles. The van der Waals surface area contributed by atoms with Gasteiger partial charge in [-0.05, 0) is 61.7 Å². The van der Waals surface area contributed by atoms with E-state index >= 15 is 0 Å². The minimum Gasteiger partial charge on any atom is -0.414 e. The van der Waals surface area contributed by atoms with Gasteiger partial charge in [0.05, 0.1) is 17.6 Å². The van der Waals surface area contributed by atoms with Crippen LogP contribution in [-0.4, -0.2) is 56.8 Å². The van der Waals surface area contributed by atoms with E-state index in [1.54, 1.807) is 24.3 Å². The van der Waals surface area contributed by atoms with Crippen molar-refractivity contribution in [3.05, 3.63) is 41.3 Å². The van der Waals surface area contributed by atoms with E-state index in [2.05, 4.69) is 67.7 Å². The molecule has 0 bridgehead atoms. The van der Waals surface area contributed by atoms with E-state index in [4.69, 9.17) is 18.3 Å². The number of benzene rings is 1. The highest BCUT2D eigenvalue weighted by Crippen LogP contribution is 2.49. The van der Waals surface area contributed by atoms with Gasteiger partial charge in [-0.25, -0.2) is 8.42 Å². The summed E-state index contributed by atoms with van der Waals surface area (Å²) >= 11 is 0. The molecular weight excluding hydrogens is 533 g/mol. The van der Waals surface area contributed by atoms with E-state index < -0.39 is 32.8 Å². The second kappa shape index (κ2) is 11.2. The first kappa shape index (κ1) is 31.7. The molecule has 1 saturated heterocycles. The lowest BCUT2D eigenvalue weighted by Gasteiger charge is -2.49. The molecule has 6 nitrogen and oxygen atoms in total. The number of hydrogen-bond acceptors (Lipinski definition) is 6. The van der Waals surface area contributed by atoms with Gasteiger partial charge in [-0.2, -0.15) is 0 Å². The molecule has 0 spiro atoms. The third kappa shape index (κ3) is 6.56. The Morgan fingerprint density at radius 3 is 2.05 bits per heavy atom. The first-order valence-corrected chi connectivity index (χ1v) is 21.2. The van der Waals surface area contributed by atoms with Gasteiger partial charge in [0.2, 0.25) is 9.84 Å². The van der Waals surface area contributed by atoms with E-state index in [0.29, 0.717) is 29.4 Å². The normalized spacial score (nSPS) is 27.2. The summed E-state index contributed by atoms with van der Waals surface area (Å²) < 4.78 is 53.7. The van der Waals surface area contributed by atoms with Crippen molar-refractivity contribution in [3.8, 4) is 0 Å². The molecule has 38 heavy (non-hydrogen) atoms. The fourth-order valence-electron chi connectivity index (χ4n) is 4.59. The van der Waals surface area contributed by atoms with Crippen LogP contribution in [0.3, 0.4) is 0 Å². The number of allylic oxidation sites excluding steroid dienone is 1. The molecule has 1 aromatic rings. The molecule has 1 aromatic carbocycles. The average Bonchev–Trinajstić information content (AvgIpc) is 3.25. The number of hydrogen-bond donors (Lipinski definition) is 0. The second-order valence-corrected chi connectivity index (χ2v) is 25.4. The van der Waals surface area contributed by atoms with Crippen molar-refractivity contribution in [1.82, 2.24) is 0 Å². The molecule has 0 unspecified atom stereocenters. The molecular formula is C29H50O6SSi2. The highest BCUT2D eigenvalue weighted by molar-refractivity contribution is 7.95. The molecule has 0 N–H and O–H groups in total. The van der Waals surface area contributed by atoms with Gasteiger partial charge in [-0.15, -0.1) is 0 Å². The van der Waals surface area contributed by atoms with Crippen LogP contribution < -0.4 is 0 Å². The van der Waals surface area contributed by atoms with Crippen LogP contribution in [0.2, 0.25) is 36.3 Å². The first-order valence-electron chi connectivity index (χ1n) is 13.9. The Morgan fingerprint density at radius 2 is 1.53 bits per heavy atom. The van der Waals surface area contributed by atoms with Crippen LogP contribution in [0.25, 0.3) is 0 Å². The van der Waals surface area contributed by atoms with Crippen molar-refractivity contribution in [2.24, 2.45) is 11.8 Å². The minimum absolute atomic E-state index is 0.00488. The molecule has 5 atom stereocenters. The molecule has 216 valence electrons. The zero-order valence-electron chi connectivity index (χ0n) is 25.3. The lowest BCUT2D eigenvalue weighted by Crippen LogP contribution is -2.58. The highest BCUT2D eigenvalue weighted by Gasteiger charge is 2.54. The van der Waals surface area contributed by atoms with Crippen LogP contribution in [0.15, 0.2) is 46.2 Å². The molecule has 3 rings (SSSR count). The van der Waals surface area contributed by atoms with Crippen LogP contribution in [0.1, 0.15) is 54.9 Å². The standard InChI is InChI=1S/C29H50O6SSi2/c1-12-32-27-24-19-22(36(30,31)21-16-14-13-15-17-21)18-23(24)26(35-38(10,11)29(5,6)7)25(34-27)20-33-37(8,9)28(2,3)4/h13-17,19,23-27H,12,18,20H2,1-11H3/t23-,24+,25-,26-,27+/m1/s1. The summed E-state index contributed by atoms with van der Waals surface area (Å²) in [6.07, 6.45) is 1.11. The lowest BCUT2D eigenvalue weighted by atomic mass is 9.84. The van der Waals surface area contributed by atoms with Gasteiger partial charge in [0.1, 0.15) is 6.10 Å². The Hall–Kier alpha value is -0.816. The molecule has 0 radical (unpaired) electrons. The Bertz CT molecular complexity index is 1090. The van der Waals surface area contributed by atoms with Gasteiger partial charge in [0.15, 0.2) is 22.9 Å².